The van der Waals surface area contributed by atoms with Gasteiger partial charge in [0, 0.05) is 35.8 Å². The van der Waals surface area contributed by atoms with Crippen molar-refractivity contribution in [3.8, 4) is 0 Å². The lowest BCUT2D eigenvalue weighted by Gasteiger charge is -2.23. The zero-order valence-electron chi connectivity index (χ0n) is 11.5. The summed E-state index contributed by atoms with van der Waals surface area (Å²) in [5, 5.41) is 0. The zero-order valence-corrected chi connectivity index (χ0v) is 12.3. The molecule has 18 heavy (non-hydrogen) atoms. The minimum Gasteiger partial charge on any atom is -0.356 e. The number of thioether (sulfide) groups is 1. The predicted molar refractivity (Wildman–Crippen MR) is 80.2 cm³/mol. The molecule has 2 heterocycles. The van der Waals surface area contributed by atoms with Crippen molar-refractivity contribution in [1.29, 1.82) is 0 Å². The van der Waals surface area contributed by atoms with Crippen molar-refractivity contribution in [3.05, 3.63) is 23.9 Å². The number of pyridine rings is 1. The van der Waals surface area contributed by atoms with Crippen molar-refractivity contribution >= 4 is 17.6 Å². The van der Waals surface area contributed by atoms with Crippen LogP contribution in [0.2, 0.25) is 0 Å². The second-order valence-electron chi connectivity index (χ2n) is 5.58. The summed E-state index contributed by atoms with van der Waals surface area (Å²) in [5.74, 6) is 2.25. The summed E-state index contributed by atoms with van der Waals surface area (Å²) in [4.78, 5) is 6.93. The van der Waals surface area contributed by atoms with Crippen LogP contribution in [0, 0.1) is 0 Å². The Morgan fingerprint density at radius 1 is 1.39 bits per heavy atom. The Kier molecular flexibility index (Phi) is 4.17. The Balaban J connectivity index is 2.07. The molecule has 1 saturated heterocycles. The highest BCUT2D eigenvalue weighted by Gasteiger charge is 2.24. The third-order valence-electron chi connectivity index (χ3n) is 3.46. The number of nitrogens with zero attached hydrogens (tertiary/aromatic N) is 2. The van der Waals surface area contributed by atoms with Gasteiger partial charge in [0.2, 0.25) is 0 Å². The average molecular weight is 265 g/mol. The van der Waals surface area contributed by atoms with Gasteiger partial charge in [-0.3, -0.25) is 0 Å². The first-order valence-corrected chi connectivity index (χ1v) is 7.57. The smallest absolute Gasteiger partial charge is 0.128 e. The monoisotopic (exact) mass is 265 g/mol. The van der Waals surface area contributed by atoms with Crippen LogP contribution >= 0.6 is 11.8 Å². The van der Waals surface area contributed by atoms with Gasteiger partial charge in [-0.15, -0.1) is 0 Å². The summed E-state index contributed by atoms with van der Waals surface area (Å²) in [6.45, 7) is 8.81. The molecular weight excluding hydrogens is 242 g/mol. The van der Waals surface area contributed by atoms with E-state index in [0.717, 1.165) is 24.5 Å². The topological polar surface area (TPSA) is 42.1 Å². The second-order valence-corrected chi connectivity index (χ2v) is 7.39. The molecule has 1 atom stereocenters. The van der Waals surface area contributed by atoms with Gasteiger partial charge in [0.15, 0.2) is 0 Å². The molecule has 1 fully saturated rings. The zero-order chi connectivity index (χ0) is 13.2. The first kappa shape index (κ1) is 13.7. The van der Waals surface area contributed by atoms with Gasteiger partial charge in [-0.2, -0.15) is 11.8 Å². The van der Waals surface area contributed by atoms with Crippen LogP contribution in [-0.2, 0) is 0 Å². The van der Waals surface area contributed by atoms with E-state index in [-0.39, 0.29) is 6.04 Å². The molecule has 1 aromatic heterocycles. The summed E-state index contributed by atoms with van der Waals surface area (Å²) in [6.07, 6.45) is 3.11. The molecule has 3 nitrogen and oxygen atoms in total. The Labute approximate surface area is 114 Å². The van der Waals surface area contributed by atoms with E-state index in [4.69, 9.17) is 5.73 Å². The Hall–Kier alpha value is -0.740. The number of anilines is 1. The molecule has 0 aliphatic carbocycles. The summed E-state index contributed by atoms with van der Waals surface area (Å²) in [5.41, 5.74) is 6.95. The Morgan fingerprint density at radius 3 is 2.78 bits per heavy atom. The molecule has 0 radical (unpaired) electrons. The molecule has 4 heteroatoms. The van der Waals surface area contributed by atoms with E-state index in [2.05, 4.69) is 47.6 Å². The minimum absolute atomic E-state index is 0.0603. The van der Waals surface area contributed by atoms with Gasteiger partial charge in [0.05, 0.1) is 0 Å². The molecule has 0 aromatic carbocycles. The summed E-state index contributed by atoms with van der Waals surface area (Å²) in [6, 6.07) is 4.25. The van der Waals surface area contributed by atoms with Crippen molar-refractivity contribution in [2.45, 2.75) is 38.0 Å². The molecule has 0 amide bonds. The SMILES string of the molecule is C[C@@H](N)c1ccc(N2CCSC(C)(C)CC2)nc1. The normalized spacial score (nSPS) is 21.4. The molecule has 0 unspecified atom stereocenters. The minimum atomic E-state index is 0.0603. The van der Waals surface area contributed by atoms with Crippen molar-refractivity contribution in [3.63, 3.8) is 0 Å². The molecule has 0 spiro atoms. The second kappa shape index (κ2) is 5.49. The Morgan fingerprint density at radius 2 is 2.17 bits per heavy atom. The highest BCUT2D eigenvalue weighted by Crippen LogP contribution is 2.31. The third kappa shape index (κ3) is 3.39. The number of hydrogen-bond donors (Lipinski definition) is 1. The number of rotatable bonds is 2. The summed E-state index contributed by atoms with van der Waals surface area (Å²) in [7, 11) is 0. The standard InChI is InChI=1S/C14H23N3S/c1-11(15)12-4-5-13(16-10-12)17-7-6-14(2,3)18-9-8-17/h4-5,10-11H,6-9,15H2,1-3H3/t11-/m1/s1. The van der Waals surface area contributed by atoms with E-state index < -0.39 is 0 Å². The van der Waals surface area contributed by atoms with E-state index >= 15 is 0 Å². The molecule has 100 valence electrons. The number of nitrogens with two attached hydrogens (primary N) is 1. The van der Waals surface area contributed by atoms with Crippen molar-refractivity contribution < 1.29 is 0 Å². The van der Waals surface area contributed by atoms with E-state index in [9.17, 15) is 0 Å². The lowest BCUT2D eigenvalue weighted by atomic mass is 10.1. The maximum absolute atomic E-state index is 5.85. The quantitative estimate of drug-likeness (QED) is 0.893. The highest BCUT2D eigenvalue weighted by atomic mass is 32.2. The van der Waals surface area contributed by atoms with Crippen LogP contribution in [0.3, 0.4) is 0 Å². The molecule has 2 rings (SSSR count). The van der Waals surface area contributed by atoms with Crippen LogP contribution in [0.5, 0.6) is 0 Å². The van der Waals surface area contributed by atoms with Gasteiger partial charge >= 0.3 is 0 Å². The molecule has 1 aromatic rings. The van der Waals surface area contributed by atoms with Crippen molar-refractivity contribution in [1.82, 2.24) is 4.98 Å². The maximum atomic E-state index is 5.85. The Bertz CT molecular complexity index is 387. The number of hydrogen-bond acceptors (Lipinski definition) is 4. The van der Waals surface area contributed by atoms with Gasteiger partial charge in [-0.05, 0) is 25.0 Å². The van der Waals surface area contributed by atoms with Gasteiger partial charge in [-0.1, -0.05) is 19.9 Å². The first-order valence-electron chi connectivity index (χ1n) is 6.58. The van der Waals surface area contributed by atoms with Crippen LogP contribution in [0.15, 0.2) is 18.3 Å². The summed E-state index contributed by atoms with van der Waals surface area (Å²) < 4.78 is 0.389. The fraction of sp³-hybridized carbons (Fsp3) is 0.643. The molecule has 1 aliphatic rings. The lowest BCUT2D eigenvalue weighted by molar-refractivity contribution is 0.635. The van der Waals surface area contributed by atoms with E-state index in [0.29, 0.717) is 4.75 Å². The maximum Gasteiger partial charge on any atom is 0.128 e. The molecule has 0 saturated carbocycles. The van der Waals surface area contributed by atoms with E-state index in [1.54, 1.807) is 0 Å². The molecule has 0 bridgehead atoms. The van der Waals surface area contributed by atoms with E-state index in [1.807, 2.05) is 13.1 Å². The fourth-order valence-corrected chi connectivity index (χ4v) is 3.20. The van der Waals surface area contributed by atoms with Crippen LogP contribution in [0.4, 0.5) is 5.82 Å². The first-order chi connectivity index (χ1) is 8.48. The average Bonchev–Trinajstić information content (AvgIpc) is 2.50. The third-order valence-corrected chi connectivity index (χ3v) is 4.83. The van der Waals surface area contributed by atoms with Crippen LogP contribution in [0.25, 0.3) is 0 Å². The van der Waals surface area contributed by atoms with Gasteiger partial charge in [0.1, 0.15) is 5.82 Å². The molecular formula is C14H23N3S. The van der Waals surface area contributed by atoms with Crippen molar-refractivity contribution in [2.75, 3.05) is 23.7 Å². The van der Waals surface area contributed by atoms with Crippen LogP contribution in [-0.4, -0.2) is 28.6 Å². The summed E-state index contributed by atoms with van der Waals surface area (Å²) >= 11 is 2.06. The molecule has 2 N–H and O–H groups in total. The van der Waals surface area contributed by atoms with Gasteiger partial charge in [-0.25, -0.2) is 4.98 Å². The van der Waals surface area contributed by atoms with Gasteiger partial charge < -0.3 is 10.6 Å². The largest absolute Gasteiger partial charge is 0.356 e. The van der Waals surface area contributed by atoms with Crippen LogP contribution < -0.4 is 10.6 Å². The van der Waals surface area contributed by atoms with Crippen molar-refractivity contribution in [2.24, 2.45) is 5.73 Å². The van der Waals surface area contributed by atoms with Crippen LogP contribution in [0.1, 0.15) is 38.8 Å². The highest BCUT2D eigenvalue weighted by molar-refractivity contribution is 8.00. The van der Waals surface area contributed by atoms with E-state index in [1.165, 1.54) is 12.2 Å². The lowest BCUT2D eigenvalue weighted by Crippen LogP contribution is -2.27. The number of aromatic nitrogens is 1. The van der Waals surface area contributed by atoms with Gasteiger partial charge in [0.25, 0.3) is 0 Å². The fourth-order valence-electron chi connectivity index (χ4n) is 2.10. The predicted octanol–water partition coefficient (Wildman–Crippen LogP) is 2.82. The molecule has 1 aliphatic heterocycles.